The van der Waals surface area contributed by atoms with Crippen LogP contribution in [-0.2, 0) is 0 Å². The second kappa shape index (κ2) is 7.97. The highest BCUT2D eigenvalue weighted by Crippen LogP contribution is 2.22. The molecule has 0 aliphatic heterocycles. The van der Waals surface area contributed by atoms with Gasteiger partial charge in [0.05, 0.1) is 7.83 Å². The van der Waals surface area contributed by atoms with E-state index in [1.165, 1.54) is 16.7 Å². The van der Waals surface area contributed by atoms with Crippen molar-refractivity contribution in [2.24, 2.45) is 0 Å². The molecule has 0 nitrogen and oxygen atoms in total. The maximum Gasteiger partial charge on any atom is 0.108 e. The minimum atomic E-state index is -1.92. The monoisotopic (exact) mass is 417 g/mol. The number of benzene rings is 3. The lowest BCUT2D eigenvalue weighted by molar-refractivity contribution is 1.35. The molecule has 0 heterocycles. The average molecular weight is 418 g/mol. The van der Waals surface area contributed by atoms with E-state index in [1.54, 1.807) is 15.6 Å². The molecule has 0 aliphatic carbocycles. The minimum absolute atomic E-state index is 0.778. The summed E-state index contributed by atoms with van der Waals surface area (Å²) in [6, 6.07) is 27.7. The van der Waals surface area contributed by atoms with E-state index in [0.29, 0.717) is 0 Å². The van der Waals surface area contributed by atoms with Gasteiger partial charge in [0, 0.05) is 7.59 Å². The summed E-state index contributed by atoms with van der Waals surface area (Å²) in [5.74, 6) is 0. The van der Waals surface area contributed by atoms with E-state index >= 15 is 0 Å². The molecule has 1 radical (unpaired) electrons. The van der Waals surface area contributed by atoms with E-state index in [9.17, 15) is 0 Å². The predicted octanol–water partition coefficient (Wildman–Crippen LogP) is 4.70. The minimum Gasteiger partial charge on any atom is -0.0715 e. The van der Waals surface area contributed by atoms with Crippen LogP contribution in [0.15, 0.2) is 72.8 Å². The molecular weight excluding hydrogens is 385 g/mol. The highest BCUT2D eigenvalue weighted by atomic mass is 29.6. The van der Waals surface area contributed by atoms with Crippen molar-refractivity contribution in [3.63, 3.8) is 0 Å². The Bertz CT molecular complexity index is 878. The largest absolute Gasteiger partial charge is 0.108 e. The normalized spacial score (nSPS) is 12.4. The summed E-state index contributed by atoms with van der Waals surface area (Å²) in [6.45, 7) is 17.4. The molecule has 0 bridgehead atoms. The third-order valence-electron chi connectivity index (χ3n) is 5.88. The Kier molecular flexibility index (Phi) is 5.99. The lowest BCUT2D eigenvalue weighted by Crippen LogP contribution is -2.78. The summed E-state index contributed by atoms with van der Waals surface area (Å²) in [5, 5.41) is 4.91. The molecule has 0 atom stereocenters. The van der Waals surface area contributed by atoms with Crippen molar-refractivity contribution in [3.8, 4) is 0 Å². The first-order valence-electron chi connectivity index (χ1n) is 10.2. The summed E-state index contributed by atoms with van der Waals surface area (Å²) in [5.41, 5.74) is 4.41. The van der Waals surface area contributed by atoms with Crippen LogP contribution < -0.4 is 15.6 Å². The van der Waals surface area contributed by atoms with Gasteiger partial charge in [-0.15, -0.1) is 0 Å². The molecule has 145 valence electrons. The average Bonchev–Trinajstić information content (AvgIpc) is 2.64. The SMILES string of the molecule is Cc1cc(C)c([Si]([Si](C)(C)C)[Si](C)(c2ccccc2)c2ccccc2)c(C)c1. The Morgan fingerprint density at radius 2 is 1.00 bits per heavy atom. The first-order chi connectivity index (χ1) is 13.2. The molecule has 0 fully saturated rings. The number of hydrogen-bond donors (Lipinski definition) is 0. The van der Waals surface area contributed by atoms with Crippen molar-refractivity contribution in [2.75, 3.05) is 0 Å². The fourth-order valence-electron chi connectivity index (χ4n) is 4.95. The molecule has 0 N–H and O–H groups in total. The van der Waals surface area contributed by atoms with Crippen LogP contribution >= 0.6 is 0 Å². The van der Waals surface area contributed by atoms with Crippen LogP contribution in [-0.4, -0.2) is 23.0 Å². The third kappa shape index (κ3) is 3.89. The molecule has 3 aromatic carbocycles. The molecule has 0 saturated carbocycles. The molecule has 0 unspecified atom stereocenters. The van der Waals surface area contributed by atoms with Gasteiger partial charge in [0.1, 0.15) is 7.59 Å². The topological polar surface area (TPSA) is 0 Å². The lowest BCUT2D eigenvalue weighted by atomic mass is 10.1. The zero-order valence-corrected chi connectivity index (χ0v) is 21.4. The van der Waals surface area contributed by atoms with Gasteiger partial charge in [-0.2, -0.15) is 0 Å². The second-order valence-electron chi connectivity index (χ2n) is 9.26. The molecule has 0 aromatic heterocycles. The zero-order valence-electron chi connectivity index (χ0n) is 18.4. The fraction of sp³-hybridized carbons (Fsp3) is 0.280. The summed E-state index contributed by atoms with van der Waals surface area (Å²) in [4.78, 5) is 0. The molecule has 3 aromatic rings. The summed E-state index contributed by atoms with van der Waals surface area (Å²) in [6.07, 6.45) is 0. The molecule has 28 heavy (non-hydrogen) atoms. The van der Waals surface area contributed by atoms with Gasteiger partial charge in [-0.3, -0.25) is 0 Å². The van der Waals surface area contributed by atoms with Crippen LogP contribution in [0.2, 0.25) is 26.2 Å². The summed E-state index contributed by atoms with van der Waals surface area (Å²) >= 11 is 0. The third-order valence-corrected chi connectivity index (χ3v) is 34.6. The Labute approximate surface area is 174 Å². The number of rotatable bonds is 5. The maximum absolute atomic E-state index is 2.66. The Morgan fingerprint density at radius 3 is 1.36 bits per heavy atom. The zero-order chi connectivity index (χ0) is 20.5. The molecule has 0 amide bonds. The molecule has 3 heteroatoms. The van der Waals surface area contributed by atoms with Gasteiger partial charge in [0.2, 0.25) is 0 Å². The smallest absolute Gasteiger partial charge is 0.0715 e. The second-order valence-corrected chi connectivity index (χ2v) is 30.4. The first kappa shape index (κ1) is 21.0. The van der Waals surface area contributed by atoms with Gasteiger partial charge in [0.25, 0.3) is 0 Å². The van der Waals surface area contributed by atoms with Crippen molar-refractivity contribution in [3.05, 3.63) is 89.5 Å². The fourth-order valence-corrected chi connectivity index (χ4v) is 40.7. The van der Waals surface area contributed by atoms with E-state index in [4.69, 9.17) is 0 Å². The molecule has 0 aliphatic rings. The molecule has 3 rings (SSSR count). The van der Waals surface area contributed by atoms with E-state index in [1.807, 2.05) is 0 Å². The predicted molar refractivity (Wildman–Crippen MR) is 133 cm³/mol. The Morgan fingerprint density at radius 1 is 0.607 bits per heavy atom. The Balaban J connectivity index is 2.38. The molecular formula is C25H33Si3. The van der Waals surface area contributed by atoms with E-state index in [0.717, 1.165) is 0 Å². The van der Waals surface area contributed by atoms with Gasteiger partial charge < -0.3 is 0 Å². The van der Waals surface area contributed by atoms with Crippen LogP contribution in [0, 0.1) is 20.8 Å². The van der Waals surface area contributed by atoms with Gasteiger partial charge in [0.15, 0.2) is 0 Å². The van der Waals surface area contributed by atoms with Gasteiger partial charge >= 0.3 is 0 Å². The van der Waals surface area contributed by atoms with E-state index < -0.39 is 23.0 Å². The lowest BCUT2D eigenvalue weighted by Gasteiger charge is -2.44. The number of hydrogen-bond acceptors (Lipinski definition) is 0. The van der Waals surface area contributed by atoms with Crippen molar-refractivity contribution < 1.29 is 0 Å². The highest BCUT2D eigenvalue weighted by Gasteiger charge is 2.49. The van der Waals surface area contributed by atoms with Crippen molar-refractivity contribution in [1.29, 1.82) is 0 Å². The molecule has 0 saturated heterocycles. The van der Waals surface area contributed by atoms with Gasteiger partial charge in [-0.1, -0.05) is 131 Å². The quantitative estimate of drug-likeness (QED) is 0.528. The summed E-state index contributed by atoms with van der Waals surface area (Å²) < 4.78 is 0. The summed E-state index contributed by atoms with van der Waals surface area (Å²) in [7, 11) is -4.15. The van der Waals surface area contributed by atoms with Crippen LogP contribution in [0.5, 0.6) is 0 Å². The standard InChI is InChI=1S/C25H33Si3/c1-20-18-21(2)25(22(3)19-20)26(27(4,5)6)28(7,23-14-10-8-11-15-23)24-16-12-9-13-17-24/h8-19H,1-7H3. The maximum atomic E-state index is 2.66. The number of aryl methyl sites for hydroxylation is 3. The highest BCUT2D eigenvalue weighted by molar-refractivity contribution is 7.69. The van der Waals surface area contributed by atoms with Crippen molar-refractivity contribution in [2.45, 2.75) is 47.0 Å². The van der Waals surface area contributed by atoms with Crippen molar-refractivity contribution in [1.82, 2.24) is 0 Å². The van der Waals surface area contributed by atoms with E-state index in [-0.39, 0.29) is 0 Å². The first-order valence-corrected chi connectivity index (χ1v) is 19.7. The van der Waals surface area contributed by atoms with Crippen LogP contribution in [0.1, 0.15) is 16.7 Å². The van der Waals surface area contributed by atoms with Crippen LogP contribution in [0.3, 0.4) is 0 Å². The van der Waals surface area contributed by atoms with Crippen LogP contribution in [0.4, 0.5) is 0 Å². The van der Waals surface area contributed by atoms with Crippen molar-refractivity contribution >= 4 is 38.6 Å². The van der Waals surface area contributed by atoms with Gasteiger partial charge in [-0.25, -0.2) is 0 Å². The Hall–Kier alpha value is -1.69. The van der Waals surface area contributed by atoms with Gasteiger partial charge in [-0.05, 0) is 20.8 Å². The molecule has 0 spiro atoms. The van der Waals surface area contributed by atoms with E-state index in [2.05, 4.69) is 120 Å². The van der Waals surface area contributed by atoms with Crippen LogP contribution in [0.25, 0.3) is 0 Å².